The van der Waals surface area contributed by atoms with Crippen LogP contribution in [0.1, 0.15) is 104 Å². The Bertz CT molecular complexity index is 186. The molecule has 0 aliphatic heterocycles. The van der Waals surface area contributed by atoms with E-state index in [9.17, 15) is 0 Å². The molecule has 0 aromatic carbocycles. The van der Waals surface area contributed by atoms with Crippen LogP contribution in [-0.2, 0) is 0 Å². The van der Waals surface area contributed by atoms with Crippen molar-refractivity contribution in [3.05, 3.63) is 0 Å². The van der Waals surface area contributed by atoms with E-state index in [4.69, 9.17) is 0 Å². The maximum atomic E-state index is 2.56. The molecule has 1 aliphatic rings. The fourth-order valence-electron chi connectivity index (χ4n) is 3.57. The van der Waals surface area contributed by atoms with Crippen molar-refractivity contribution in [3.8, 4) is 0 Å². The first kappa shape index (κ1) is 16.1. The van der Waals surface area contributed by atoms with Crippen LogP contribution in [0.4, 0.5) is 0 Å². The number of unbranched alkanes of at least 4 members (excludes halogenated alkanes) is 5. The molecular formula is C18H36. The summed E-state index contributed by atoms with van der Waals surface area (Å²) in [5.74, 6) is 1.07. The summed E-state index contributed by atoms with van der Waals surface area (Å²) in [6, 6.07) is 0. The molecule has 0 spiro atoms. The van der Waals surface area contributed by atoms with Gasteiger partial charge in [0.2, 0.25) is 0 Å². The number of hydrogen-bond donors (Lipinski definition) is 0. The van der Waals surface area contributed by atoms with E-state index in [1.165, 1.54) is 83.5 Å². The van der Waals surface area contributed by atoms with Crippen LogP contribution in [0.5, 0.6) is 0 Å². The zero-order valence-electron chi connectivity index (χ0n) is 13.3. The van der Waals surface area contributed by atoms with Crippen LogP contribution < -0.4 is 0 Å². The molecule has 0 N–H and O–H groups in total. The topological polar surface area (TPSA) is 0 Å². The lowest BCUT2D eigenvalue weighted by atomic mass is 9.68. The van der Waals surface area contributed by atoms with Gasteiger partial charge in [0.25, 0.3) is 0 Å². The van der Waals surface area contributed by atoms with Gasteiger partial charge in [0.1, 0.15) is 0 Å². The first-order chi connectivity index (χ1) is 8.70. The van der Waals surface area contributed by atoms with Crippen LogP contribution in [0.15, 0.2) is 0 Å². The monoisotopic (exact) mass is 252 g/mol. The Morgan fingerprint density at radius 1 is 0.833 bits per heavy atom. The summed E-state index contributed by atoms with van der Waals surface area (Å²) in [7, 11) is 0. The summed E-state index contributed by atoms with van der Waals surface area (Å²) in [5.41, 5.74) is 0.703. The molecule has 0 amide bonds. The average molecular weight is 252 g/mol. The SMILES string of the molecule is CCCCCCC1(C)CCC(CCCCC)CC1. The minimum atomic E-state index is 0.703. The van der Waals surface area contributed by atoms with Gasteiger partial charge in [0.15, 0.2) is 0 Å². The molecule has 0 unspecified atom stereocenters. The molecule has 0 atom stereocenters. The van der Waals surface area contributed by atoms with Crippen LogP contribution >= 0.6 is 0 Å². The third kappa shape index (κ3) is 6.25. The molecule has 108 valence electrons. The molecule has 18 heavy (non-hydrogen) atoms. The molecule has 1 aliphatic carbocycles. The molecule has 0 aromatic rings. The first-order valence-electron chi connectivity index (χ1n) is 8.70. The van der Waals surface area contributed by atoms with Crippen LogP contribution in [0.3, 0.4) is 0 Å². The van der Waals surface area contributed by atoms with Gasteiger partial charge >= 0.3 is 0 Å². The second-order valence-corrected chi connectivity index (χ2v) is 7.06. The smallest absolute Gasteiger partial charge is 0.0326 e. The van der Waals surface area contributed by atoms with E-state index in [1.807, 2.05) is 0 Å². The summed E-state index contributed by atoms with van der Waals surface area (Å²) in [4.78, 5) is 0. The molecule has 1 rings (SSSR count). The summed E-state index contributed by atoms with van der Waals surface area (Å²) >= 11 is 0. The zero-order valence-corrected chi connectivity index (χ0v) is 13.3. The van der Waals surface area contributed by atoms with Gasteiger partial charge in [-0.15, -0.1) is 0 Å². The van der Waals surface area contributed by atoms with Crippen LogP contribution in [0.2, 0.25) is 0 Å². The minimum Gasteiger partial charge on any atom is -0.0654 e. The van der Waals surface area contributed by atoms with Gasteiger partial charge in [0, 0.05) is 0 Å². The number of rotatable bonds is 9. The van der Waals surface area contributed by atoms with E-state index in [0.717, 1.165) is 5.92 Å². The van der Waals surface area contributed by atoms with Crippen molar-refractivity contribution in [2.24, 2.45) is 11.3 Å². The van der Waals surface area contributed by atoms with Crippen molar-refractivity contribution in [2.45, 2.75) is 104 Å². The van der Waals surface area contributed by atoms with Gasteiger partial charge in [-0.3, -0.25) is 0 Å². The first-order valence-corrected chi connectivity index (χ1v) is 8.70. The maximum absolute atomic E-state index is 2.56. The molecule has 0 heteroatoms. The fourth-order valence-corrected chi connectivity index (χ4v) is 3.57. The standard InChI is InChI=1S/C18H36/c1-4-6-8-10-14-18(3)15-12-17(13-16-18)11-9-7-5-2/h17H,4-16H2,1-3H3. The Hall–Kier alpha value is 0. The van der Waals surface area contributed by atoms with Crippen molar-refractivity contribution in [1.82, 2.24) is 0 Å². The highest BCUT2D eigenvalue weighted by Gasteiger charge is 2.29. The molecule has 0 aromatic heterocycles. The lowest BCUT2D eigenvalue weighted by Crippen LogP contribution is -2.24. The average Bonchev–Trinajstić information content (AvgIpc) is 2.38. The van der Waals surface area contributed by atoms with Crippen LogP contribution in [0.25, 0.3) is 0 Å². The highest BCUT2D eigenvalue weighted by Crippen LogP contribution is 2.43. The van der Waals surface area contributed by atoms with Crippen molar-refractivity contribution < 1.29 is 0 Å². The van der Waals surface area contributed by atoms with Crippen molar-refractivity contribution in [2.75, 3.05) is 0 Å². The molecule has 0 heterocycles. The lowest BCUT2D eigenvalue weighted by Gasteiger charge is -2.37. The van der Waals surface area contributed by atoms with Gasteiger partial charge in [-0.1, -0.05) is 72.1 Å². The van der Waals surface area contributed by atoms with E-state index in [-0.39, 0.29) is 0 Å². The summed E-state index contributed by atoms with van der Waals surface area (Å²) in [6.45, 7) is 7.18. The Kier molecular flexibility index (Phi) is 8.02. The normalized spacial score (nSPS) is 28.5. The summed E-state index contributed by atoms with van der Waals surface area (Å²) in [6.07, 6.45) is 19.1. The highest BCUT2D eigenvalue weighted by atomic mass is 14.4. The quantitative estimate of drug-likeness (QED) is 0.399. The second kappa shape index (κ2) is 8.99. The third-order valence-electron chi connectivity index (χ3n) is 5.16. The number of hydrogen-bond acceptors (Lipinski definition) is 0. The predicted molar refractivity (Wildman–Crippen MR) is 83.0 cm³/mol. The summed E-state index contributed by atoms with van der Waals surface area (Å²) < 4.78 is 0. The molecule has 0 nitrogen and oxygen atoms in total. The van der Waals surface area contributed by atoms with E-state index < -0.39 is 0 Å². The maximum Gasteiger partial charge on any atom is -0.0326 e. The third-order valence-corrected chi connectivity index (χ3v) is 5.16. The lowest BCUT2D eigenvalue weighted by molar-refractivity contribution is 0.147. The largest absolute Gasteiger partial charge is 0.0654 e. The summed E-state index contributed by atoms with van der Waals surface area (Å²) in [5, 5.41) is 0. The van der Waals surface area contributed by atoms with Gasteiger partial charge in [-0.2, -0.15) is 0 Å². The van der Waals surface area contributed by atoms with E-state index >= 15 is 0 Å². The van der Waals surface area contributed by atoms with Crippen molar-refractivity contribution >= 4 is 0 Å². The van der Waals surface area contributed by atoms with Gasteiger partial charge in [0.05, 0.1) is 0 Å². The minimum absolute atomic E-state index is 0.703. The Morgan fingerprint density at radius 3 is 2.06 bits per heavy atom. The highest BCUT2D eigenvalue weighted by molar-refractivity contribution is 4.82. The van der Waals surface area contributed by atoms with Gasteiger partial charge < -0.3 is 0 Å². The van der Waals surface area contributed by atoms with E-state index in [2.05, 4.69) is 20.8 Å². The zero-order chi connectivity index (χ0) is 13.3. The van der Waals surface area contributed by atoms with Crippen molar-refractivity contribution in [1.29, 1.82) is 0 Å². The molecule has 1 saturated carbocycles. The molecule has 1 fully saturated rings. The Morgan fingerprint density at radius 2 is 1.44 bits per heavy atom. The van der Waals surface area contributed by atoms with E-state index in [0.29, 0.717) is 5.41 Å². The predicted octanol–water partition coefficient (Wildman–Crippen LogP) is 6.73. The van der Waals surface area contributed by atoms with Crippen molar-refractivity contribution in [3.63, 3.8) is 0 Å². The molecule has 0 bridgehead atoms. The Labute approximate surface area is 116 Å². The van der Waals surface area contributed by atoms with Crippen LogP contribution in [0, 0.1) is 11.3 Å². The van der Waals surface area contributed by atoms with E-state index in [1.54, 1.807) is 0 Å². The van der Waals surface area contributed by atoms with Gasteiger partial charge in [-0.05, 0) is 43.4 Å². The molecular weight excluding hydrogens is 216 g/mol. The van der Waals surface area contributed by atoms with Gasteiger partial charge in [-0.25, -0.2) is 0 Å². The van der Waals surface area contributed by atoms with Crippen LogP contribution in [-0.4, -0.2) is 0 Å². The molecule has 0 radical (unpaired) electrons. The fraction of sp³-hybridized carbons (Fsp3) is 1.00. The second-order valence-electron chi connectivity index (χ2n) is 7.06. The Balaban J connectivity index is 2.12. The molecule has 0 saturated heterocycles.